The molecule has 0 saturated heterocycles. The van der Waals surface area contributed by atoms with E-state index in [0.29, 0.717) is 11.8 Å². The lowest BCUT2D eigenvalue weighted by atomic mass is 9.69. The first-order valence-electron chi connectivity index (χ1n) is 6.48. The van der Waals surface area contributed by atoms with Crippen molar-refractivity contribution < 1.29 is 9.53 Å². The minimum Gasteiger partial charge on any atom is -0.622 e. The second-order valence-corrected chi connectivity index (χ2v) is 5.97. The Bertz CT molecular complexity index is 364. The quantitative estimate of drug-likeness (QED) is 0.517. The van der Waals surface area contributed by atoms with E-state index in [-0.39, 0.29) is 11.8 Å². The van der Waals surface area contributed by atoms with Gasteiger partial charge < -0.3 is 5.21 Å². The molecule has 1 fully saturated rings. The highest BCUT2D eigenvalue weighted by molar-refractivity contribution is 6.25. The van der Waals surface area contributed by atoms with Crippen molar-refractivity contribution in [1.82, 2.24) is 4.90 Å². The first-order valence-corrected chi connectivity index (χ1v) is 6.48. The van der Waals surface area contributed by atoms with Gasteiger partial charge in [-0.25, -0.2) is 0 Å². The number of nitrogens with zero attached hydrogens (tertiary/aromatic N) is 2. The molecule has 3 atom stereocenters. The molecule has 2 rings (SSSR count). The van der Waals surface area contributed by atoms with Crippen LogP contribution in [0, 0.1) is 23.0 Å². The summed E-state index contributed by atoms with van der Waals surface area (Å²) in [6.07, 6.45) is 4.19. The van der Waals surface area contributed by atoms with Gasteiger partial charge in [-0.15, -0.1) is 0 Å². The molecule has 0 aromatic carbocycles. The van der Waals surface area contributed by atoms with Crippen LogP contribution < -0.4 is 0 Å². The second kappa shape index (κ2) is 4.00. The molecule has 0 aromatic heterocycles. The maximum Gasteiger partial charge on any atom is 0.316 e. The third kappa shape index (κ3) is 1.65. The summed E-state index contributed by atoms with van der Waals surface area (Å²) in [5.74, 6) is 1.03. The Morgan fingerprint density at radius 1 is 1.53 bits per heavy atom. The second-order valence-electron chi connectivity index (χ2n) is 5.97. The summed E-state index contributed by atoms with van der Waals surface area (Å²) in [6, 6.07) is 0. The summed E-state index contributed by atoms with van der Waals surface area (Å²) in [5.41, 5.74) is -0.622. The molecule has 0 radical (unpaired) electrons. The van der Waals surface area contributed by atoms with E-state index in [0.717, 1.165) is 24.0 Å². The number of amides is 1. The first kappa shape index (κ1) is 12.4. The minimum absolute atomic E-state index is 0.153. The van der Waals surface area contributed by atoms with E-state index in [4.69, 9.17) is 0 Å². The van der Waals surface area contributed by atoms with Gasteiger partial charge in [0, 0.05) is 19.4 Å². The molecule has 1 saturated carbocycles. The zero-order valence-electron chi connectivity index (χ0n) is 11.1. The van der Waals surface area contributed by atoms with Crippen molar-refractivity contribution in [1.29, 1.82) is 0 Å². The van der Waals surface area contributed by atoms with Gasteiger partial charge in [-0.1, -0.05) is 20.8 Å². The summed E-state index contributed by atoms with van der Waals surface area (Å²) in [6.45, 7) is 6.46. The number of carbonyl (C=O) groups excluding carboxylic acids is 1. The zero-order chi connectivity index (χ0) is 12.8. The first-order chi connectivity index (χ1) is 7.89. The van der Waals surface area contributed by atoms with E-state index in [1.165, 1.54) is 6.21 Å². The highest BCUT2D eigenvalue weighted by Crippen LogP contribution is 2.45. The van der Waals surface area contributed by atoms with Crippen LogP contribution in [0.5, 0.6) is 0 Å². The molecule has 0 N–H and O–H groups in total. The minimum atomic E-state index is -0.622. The van der Waals surface area contributed by atoms with E-state index >= 15 is 0 Å². The molecule has 0 bridgehead atoms. The lowest BCUT2D eigenvalue weighted by molar-refractivity contribution is -0.584. The van der Waals surface area contributed by atoms with Crippen LogP contribution in [0.4, 0.5) is 0 Å². The zero-order valence-corrected chi connectivity index (χ0v) is 11.1. The monoisotopic (exact) mass is 238 g/mol. The Balaban J connectivity index is 2.43. The van der Waals surface area contributed by atoms with Crippen LogP contribution in [0.3, 0.4) is 0 Å². The van der Waals surface area contributed by atoms with E-state index in [2.05, 4.69) is 20.8 Å². The largest absolute Gasteiger partial charge is 0.622 e. The number of hydrogen-bond donors (Lipinski definition) is 0. The van der Waals surface area contributed by atoms with E-state index in [1.54, 1.807) is 11.9 Å². The van der Waals surface area contributed by atoms with Crippen LogP contribution in [0.1, 0.15) is 40.0 Å². The molecule has 96 valence electrons. The molecule has 1 aliphatic carbocycles. The maximum atomic E-state index is 12.2. The molecule has 3 unspecified atom stereocenters. The van der Waals surface area contributed by atoms with Crippen LogP contribution >= 0.6 is 0 Å². The fourth-order valence-electron chi connectivity index (χ4n) is 3.61. The third-order valence-electron chi connectivity index (χ3n) is 4.54. The smallest absolute Gasteiger partial charge is 0.316 e. The SMILES string of the molecule is CC1CCC(C(C)C)C2(C1)N(C)C(=O)C=[N+]2[O-]. The van der Waals surface area contributed by atoms with Crippen LogP contribution in [-0.2, 0) is 4.79 Å². The van der Waals surface area contributed by atoms with Crippen molar-refractivity contribution >= 4 is 12.1 Å². The molecule has 2 aliphatic rings. The molecule has 0 aromatic rings. The Hall–Kier alpha value is -1.06. The fourth-order valence-corrected chi connectivity index (χ4v) is 3.61. The van der Waals surface area contributed by atoms with Crippen molar-refractivity contribution in [3.8, 4) is 0 Å². The standard InChI is InChI=1S/C13H22N2O2/c1-9(2)11-6-5-10(3)7-13(11)14(4)12(16)8-15(13)17/h8-11H,5-7H2,1-4H3. The summed E-state index contributed by atoms with van der Waals surface area (Å²) >= 11 is 0. The van der Waals surface area contributed by atoms with Crippen LogP contribution in [0.2, 0.25) is 0 Å². The van der Waals surface area contributed by atoms with Gasteiger partial charge in [-0.3, -0.25) is 9.69 Å². The molecule has 4 nitrogen and oxygen atoms in total. The molecular weight excluding hydrogens is 216 g/mol. The predicted octanol–water partition coefficient (Wildman–Crippen LogP) is 1.83. The number of carbonyl (C=O) groups is 1. The van der Waals surface area contributed by atoms with Gasteiger partial charge in [-0.2, -0.15) is 4.74 Å². The third-order valence-corrected chi connectivity index (χ3v) is 4.54. The fraction of sp³-hybridized carbons (Fsp3) is 0.846. The molecule has 1 heterocycles. The average Bonchev–Trinajstić information content (AvgIpc) is 2.44. The molecule has 1 spiro atoms. The highest BCUT2D eigenvalue weighted by Gasteiger charge is 2.59. The van der Waals surface area contributed by atoms with Gasteiger partial charge in [-0.05, 0) is 24.7 Å². The Morgan fingerprint density at radius 2 is 2.18 bits per heavy atom. The van der Waals surface area contributed by atoms with Gasteiger partial charge >= 0.3 is 5.91 Å². The predicted molar refractivity (Wildman–Crippen MR) is 66.5 cm³/mol. The van der Waals surface area contributed by atoms with Gasteiger partial charge in [0.2, 0.25) is 6.21 Å². The Morgan fingerprint density at radius 3 is 2.65 bits per heavy atom. The summed E-state index contributed by atoms with van der Waals surface area (Å²) in [5, 5.41) is 12.2. The molecule has 17 heavy (non-hydrogen) atoms. The lowest BCUT2D eigenvalue weighted by Crippen LogP contribution is -2.59. The van der Waals surface area contributed by atoms with Gasteiger partial charge in [0.1, 0.15) is 0 Å². The molecular formula is C13H22N2O2. The number of rotatable bonds is 1. The molecule has 4 heteroatoms. The van der Waals surface area contributed by atoms with E-state index < -0.39 is 5.66 Å². The van der Waals surface area contributed by atoms with E-state index in [9.17, 15) is 10.0 Å². The summed E-state index contributed by atoms with van der Waals surface area (Å²) < 4.78 is 0.926. The summed E-state index contributed by atoms with van der Waals surface area (Å²) in [7, 11) is 1.77. The molecule has 1 aliphatic heterocycles. The average molecular weight is 238 g/mol. The maximum absolute atomic E-state index is 12.2. The van der Waals surface area contributed by atoms with Crippen molar-refractivity contribution in [3.63, 3.8) is 0 Å². The van der Waals surface area contributed by atoms with Crippen LogP contribution in [0.25, 0.3) is 0 Å². The summed E-state index contributed by atoms with van der Waals surface area (Å²) in [4.78, 5) is 13.4. The Kier molecular flexibility index (Phi) is 2.92. The topological polar surface area (TPSA) is 46.4 Å². The number of hydroxylamine groups is 1. The number of hydrogen-bond acceptors (Lipinski definition) is 2. The molecule has 1 amide bonds. The van der Waals surface area contributed by atoms with Crippen LogP contribution in [-0.4, -0.2) is 34.5 Å². The van der Waals surface area contributed by atoms with Crippen molar-refractivity contribution in [2.45, 2.75) is 45.7 Å². The normalized spacial score (nSPS) is 38.1. The van der Waals surface area contributed by atoms with Crippen molar-refractivity contribution in [2.75, 3.05) is 7.05 Å². The van der Waals surface area contributed by atoms with Crippen molar-refractivity contribution in [2.24, 2.45) is 17.8 Å². The lowest BCUT2D eigenvalue weighted by Gasteiger charge is -2.46. The Labute approximate surface area is 103 Å². The van der Waals surface area contributed by atoms with Gasteiger partial charge in [0.05, 0.1) is 0 Å². The van der Waals surface area contributed by atoms with E-state index in [1.807, 2.05) is 0 Å². The van der Waals surface area contributed by atoms with Crippen LogP contribution in [0.15, 0.2) is 0 Å². The highest BCUT2D eigenvalue weighted by atomic mass is 16.5. The van der Waals surface area contributed by atoms with Crippen molar-refractivity contribution in [3.05, 3.63) is 5.21 Å². The van der Waals surface area contributed by atoms with Gasteiger partial charge in [0.15, 0.2) is 0 Å². The van der Waals surface area contributed by atoms with Gasteiger partial charge in [0.25, 0.3) is 5.66 Å².